The summed E-state index contributed by atoms with van der Waals surface area (Å²) in [7, 11) is 0. The van der Waals surface area contributed by atoms with Gasteiger partial charge in [-0.3, -0.25) is 4.79 Å². The van der Waals surface area contributed by atoms with Crippen molar-refractivity contribution < 1.29 is 4.79 Å². The molecule has 1 aliphatic rings. The van der Waals surface area contributed by atoms with Gasteiger partial charge in [-0.05, 0) is 46.0 Å². The minimum Gasteiger partial charge on any atom is -0.289 e. The largest absolute Gasteiger partial charge is 0.289 e. The molecular formula is C22H20O. The van der Waals surface area contributed by atoms with E-state index >= 15 is 0 Å². The van der Waals surface area contributed by atoms with Gasteiger partial charge in [-0.15, -0.1) is 0 Å². The van der Waals surface area contributed by atoms with Crippen molar-refractivity contribution in [3.63, 3.8) is 0 Å². The number of hydrogen-bond donors (Lipinski definition) is 0. The summed E-state index contributed by atoms with van der Waals surface area (Å²) in [6, 6.07) is 16.7. The molecule has 0 saturated heterocycles. The molecule has 0 heterocycles. The molecule has 114 valence electrons. The number of aryl methyl sites for hydroxylation is 1. The summed E-state index contributed by atoms with van der Waals surface area (Å²) in [5.74, 6) is 0.148. The lowest BCUT2D eigenvalue weighted by Gasteiger charge is -2.25. The van der Waals surface area contributed by atoms with Gasteiger partial charge in [-0.1, -0.05) is 63.2 Å². The van der Waals surface area contributed by atoms with Gasteiger partial charge in [-0.25, -0.2) is 0 Å². The molecule has 3 aromatic rings. The normalized spacial score (nSPS) is 13.3. The van der Waals surface area contributed by atoms with Crippen LogP contribution in [0.1, 0.15) is 47.8 Å². The number of fused-ring (bicyclic) bond motifs is 2. The van der Waals surface area contributed by atoms with Gasteiger partial charge >= 0.3 is 0 Å². The van der Waals surface area contributed by atoms with Gasteiger partial charge in [-0.2, -0.15) is 0 Å². The maximum Gasteiger partial charge on any atom is 0.194 e. The summed E-state index contributed by atoms with van der Waals surface area (Å²) in [5, 5.41) is 2.28. The Hall–Kier alpha value is -2.41. The molecule has 3 aromatic carbocycles. The van der Waals surface area contributed by atoms with Crippen LogP contribution in [-0.2, 0) is 5.41 Å². The lowest BCUT2D eigenvalue weighted by atomic mass is 9.78. The molecular weight excluding hydrogens is 280 g/mol. The van der Waals surface area contributed by atoms with Gasteiger partial charge < -0.3 is 0 Å². The van der Waals surface area contributed by atoms with Crippen LogP contribution in [-0.4, -0.2) is 5.78 Å². The van der Waals surface area contributed by atoms with E-state index in [0.29, 0.717) is 0 Å². The fraction of sp³-hybridized carbons (Fsp3) is 0.227. The second kappa shape index (κ2) is 4.55. The molecule has 0 saturated carbocycles. The van der Waals surface area contributed by atoms with Crippen LogP contribution in [0.3, 0.4) is 0 Å². The Morgan fingerprint density at radius 1 is 0.783 bits per heavy atom. The van der Waals surface area contributed by atoms with Crippen molar-refractivity contribution in [2.75, 3.05) is 0 Å². The Labute approximate surface area is 137 Å². The molecule has 0 N–H and O–H groups in total. The maximum atomic E-state index is 13.1. The Morgan fingerprint density at radius 2 is 1.52 bits per heavy atom. The number of carbonyl (C=O) groups is 1. The molecule has 1 nitrogen and oxygen atoms in total. The molecule has 0 aromatic heterocycles. The van der Waals surface area contributed by atoms with Crippen LogP contribution in [0.5, 0.6) is 0 Å². The molecule has 4 rings (SSSR count). The van der Waals surface area contributed by atoms with Crippen molar-refractivity contribution in [3.05, 3.63) is 70.8 Å². The first-order chi connectivity index (χ1) is 10.9. The summed E-state index contributed by atoms with van der Waals surface area (Å²) in [5.41, 5.74) is 6.36. The number of hydrogen-bond acceptors (Lipinski definition) is 1. The number of rotatable bonds is 0. The zero-order valence-corrected chi connectivity index (χ0v) is 14.0. The minimum atomic E-state index is 0.0366. The van der Waals surface area contributed by atoms with Crippen LogP contribution < -0.4 is 0 Å². The van der Waals surface area contributed by atoms with Crippen molar-refractivity contribution in [2.45, 2.75) is 33.1 Å². The molecule has 0 aliphatic heterocycles. The number of ketones is 1. The third-order valence-corrected chi connectivity index (χ3v) is 4.92. The zero-order valence-electron chi connectivity index (χ0n) is 14.0. The van der Waals surface area contributed by atoms with E-state index in [1.165, 1.54) is 22.1 Å². The highest BCUT2D eigenvalue weighted by Crippen LogP contribution is 2.41. The summed E-state index contributed by atoms with van der Waals surface area (Å²) in [6.45, 7) is 8.64. The van der Waals surface area contributed by atoms with Gasteiger partial charge in [0.15, 0.2) is 5.78 Å². The van der Waals surface area contributed by atoms with Gasteiger partial charge in [0.1, 0.15) is 0 Å². The molecule has 0 spiro atoms. The highest BCUT2D eigenvalue weighted by molar-refractivity contribution is 6.26. The molecule has 0 amide bonds. The van der Waals surface area contributed by atoms with E-state index in [2.05, 4.69) is 70.2 Å². The SMILES string of the molecule is Cc1ccc2c3c(cccc13)-c1ccc(C(C)(C)C)cc1C2=O. The van der Waals surface area contributed by atoms with Crippen molar-refractivity contribution in [1.29, 1.82) is 0 Å². The molecule has 0 atom stereocenters. The van der Waals surface area contributed by atoms with Crippen LogP contribution in [0.2, 0.25) is 0 Å². The van der Waals surface area contributed by atoms with Crippen LogP contribution in [0.15, 0.2) is 48.5 Å². The van der Waals surface area contributed by atoms with E-state index in [-0.39, 0.29) is 11.2 Å². The highest BCUT2D eigenvalue weighted by atomic mass is 16.1. The number of carbonyl (C=O) groups excluding carboxylic acids is 1. The molecule has 0 radical (unpaired) electrons. The zero-order chi connectivity index (χ0) is 16.4. The second-order valence-electron chi connectivity index (χ2n) is 7.50. The maximum absolute atomic E-state index is 13.1. The predicted molar refractivity (Wildman–Crippen MR) is 96.3 cm³/mol. The van der Waals surface area contributed by atoms with Gasteiger partial charge in [0.05, 0.1) is 0 Å². The van der Waals surface area contributed by atoms with Gasteiger partial charge in [0.25, 0.3) is 0 Å². The van der Waals surface area contributed by atoms with E-state index in [0.717, 1.165) is 22.1 Å². The van der Waals surface area contributed by atoms with E-state index < -0.39 is 0 Å². The Bertz CT molecular complexity index is 971. The van der Waals surface area contributed by atoms with Crippen molar-refractivity contribution in [2.24, 2.45) is 0 Å². The molecule has 0 fully saturated rings. The summed E-state index contributed by atoms with van der Waals surface area (Å²) in [6.07, 6.45) is 0. The minimum absolute atomic E-state index is 0.0366. The molecule has 1 heteroatoms. The first-order valence-electron chi connectivity index (χ1n) is 8.10. The lowest BCUT2D eigenvalue weighted by Crippen LogP contribution is -2.15. The van der Waals surface area contributed by atoms with E-state index in [4.69, 9.17) is 0 Å². The quantitative estimate of drug-likeness (QED) is 0.409. The monoisotopic (exact) mass is 300 g/mol. The number of benzene rings is 3. The molecule has 1 aliphatic carbocycles. The fourth-order valence-electron chi connectivity index (χ4n) is 3.54. The predicted octanol–water partition coefficient (Wildman–Crippen LogP) is 5.66. The van der Waals surface area contributed by atoms with E-state index in [9.17, 15) is 4.79 Å². The van der Waals surface area contributed by atoms with Crippen LogP contribution in [0.25, 0.3) is 21.9 Å². The summed E-state index contributed by atoms with van der Waals surface area (Å²) < 4.78 is 0. The topological polar surface area (TPSA) is 17.1 Å². The second-order valence-corrected chi connectivity index (χ2v) is 7.50. The average Bonchev–Trinajstić information content (AvgIpc) is 2.52. The first-order valence-corrected chi connectivity index (χ1v) is 8.10. The van der Waals surface area contributed by atoms with Crippen molar-refractivity contribution in [1.82, 2.24) is 0 Å². The van der Waals surface area contributed by atoms with Gasteiger partial charge in [0.2, 0.25) is 0 Å². The fourth-order valence-corrected chi connectivity index (χ4v) is 3.54. The third-order valence-electron chi connectivity index (χ3n) is 4.92. The lowest BCUT2D eigenvalue weighted by molar-refractivity contribution is 0.104. The van der Waals surface area contributed by atoms with Crippen LogP contribution in [0.4, 0.5) is 0 Å². The highest BCUT2D eigenvalue weighted by Gasteiger charge is 2.27. The van der Waals surface area contributed by atoms with Crippen LogP contribution in [0, 0.1) is 6.92 Å². The van der Waals surface area contributed by atoms with Crippen LogP contribution >= 0.6 is 0 Å². The Kier molecular flexibility index (Phi) is 2.81. The Morgan fingerprint density at radius 3 is 2.26 bits per heavy atom. The van der Waals surface area contributed by atoms with E-state index in [1.54, 1.807) is 0 Å². The van der Waals surface area contributed by atoms with E-state index in [1.807, 2.05) is 6.07 Å². The van der Waals surface area contributed by atoms with Crippen molar-refractivity contribution in [3.8, 4) is 11.1 Å². The summed E-state index contributed by atoms with van der Waals surface area (Å²) >= 11 is 0. The van der Waals surface area contributed by atoms with Crippen molar-refractivity contribution >= 4 is 16.6 Å². The summed E-state index contributed by atoms with van der Waals surface area (Å²) in [4.78, 5) is 13.1. The first kappa shape index (κ1) is 14.2. The smallest absolute Gasteiger partial charge is 0.194 e. The Balaban J connectivity index is 2.11. The molecule has 0 unspecified atom stereocenters. The van der Waals surface area contributed by atoms with Gasteiger partial charge in [0, 0.05) is 16.5 Å². The average molecular weight is 300 g/mol. The molecule has 23 heavy (non-hydrogen) atoms. The molecule has 0 bridgehead atoms. The third kappa shape index (κ3) is 1.96. The standard InChI is InChI=1S/C22H20O/c1-13-8-10-18-20-15(13)6-5-7-17(20)16-11-9-14(22(2,3)4)12-19(16)21(18)23/h5-12H,1-4H3.